The summed E-state index contributed by atoms with van der Waals surface area (Å²) in [5, 5.41) is 2.71. The minimum atomic E-state index is -0.477. The molecule has 1 rings (SSSR count). The second kappa shape index (κ2) is 8.93. The fourth-order valence-electron chi connectivity index (χ4n) is 1.55. The van der Waals surface area contributed by atoms with Gasteiger partial charge in [-0.15, -0.1) is 0 Å². The van der Waals surface area contributed by atoms with E-state index in [1.54, 1.807) is 24.3 Å². The Morgan fingerprint density at radius 2 is 2.10 bits per heavy atom. The highest BCUT2D eigenvalue weighted by molar-refractivity contribution is 5.91. The fraction of sp³-hybridized carbons (Fsp3) is 0.429. The molecule has 0 aliphatic heterocycles. The van der Waals surface area contributed by atoms with Gasteiger partial charge in [0, 0.05) is 25.4 Å². The maximum Gasteiger partial charge on any atom is 0.343 e. The summed E-state index contributed by atoms with van der Waals surface area (Å²) >= 11 is 0. The van der Waals surface area contributed by atoms with Crippen molar-refractivity contribution >= 4 is 17.6 Å². The molecule has 0 heterocycles. The third-order valence-electron chi connectivity index (χ3n) is 2.71. The van der Waals surface area contributed by atoms with Crippen molar-refractivity contribution in [2.75, 3.05) is 32.7 Å². The number of hydrogen-bond donors (Lipinski definition) is 2. The van der Waals surface area contributed by atoms with Crippen molar-refractivity contribution in [1.29, 1.82) is 0 Å². The molecule has 21 heavy (non-hydrogen) atoms. The van der Waals surface area contributed by atoms with Crippen LogP contribution in [0.15, 0.2) is 24.3 Å². The average molecular weight is 296 g/mol. The molecule has 1 amide bonds. The van der Waals surface area contributed by atoms with E-state index in [0.717, 1.165) is 0 Å². The summed E-state index contributed by atoms with van der Waals surface area (Å²) in [6.45, 7) is 0.0824. The highest BCUT2D eigenvalue weighted by Crippen LogP contribution is 2.17. The Bertz CT molecular complexity index is 474. The van der Waals surface area contributed by atoms with Gasteiger partial charge in [0.25, 0.3) is 0 Å². The molecule has 1 atom stereocenters. The van der Waals surface area contributed by atoms with Crippen LogP contribution in [-0.4, -0.2) is 45.4 Å². The molecule has 0 saturated carbocycles. The lowest BCUT2D eigenvalue weighted by Crippen LogP contribution is -2.28. The van der Waals surface area contributed by atoms with Crippen molar-refractivity contribution < 1.29 is 23.8 Å². The van der Waals surface area contributed by atoms with E-state index < -0.39 is 5.97 Å². The highest BCUT2D eigenvalue weighted by atomic mass is 16.6. The zero-order valence-electron chi connectivity index (χ0n) is 12.1. The van der Waals surface area contributed by atoms with E-state index >= 15 is 0 Å². The van der Waals surface area contributed by atoms with Crippen molar-refractivity contribution in [3.63, 3.8) is 0 Å². The van der Waals surface area contributed by atoms with Crippen molar-refractivity contribution in [3.05, 3.63) is 24.3 Å². The number of ether oxygens (including phenoxy) is 3. The molecule has 1 aromatic rings. The van der Waals surface area contributed by atoms with Gasteiger partial charge in [0.1, 0.15) is 5.75 Å². The minimum Gasteiger partial charge on any atom is -0.482 e. The molecule has 1 aromatic carbocycles. The van der Waals surface area contributed by atoms with Crippen LogP contribution in [0, 0.1) is 0 Å². The van der Waals surface area contributed by atoms with Gasteiger partial charge in [-0.3, -0.25) is 4.79 Å². The number of nitrogens with two attached hydrogens (primary N) is 1. The largest absolute Gasteiger partial charge is 0.482 e. The topological polar surface area (TPSA) is 99.9 Å². The summed E-state index contributed by atoms with van der Waals surface area (Å²) in [5.74, 6) is -0.229. The van der Waals surface area contributed by atoms with Crippen LogP contribution in [0.5, 0.6) is 5.75 Å². The van der Waals surface area contributed by atoms with Gasteiger partial charge in [-0.1, -0.05) is 6.07 Å². The van der Waals surface area contributed by atoms with Gasteiger partial charge in [0.2, 0.25) is 5.91 Å². The molecule has 7 nitrogen and oxygen atoms in total. The summed E-state index contributed by atoms with van der Waals surface area (Å²) in [5.41, 5.74) is 6.03. The molecule has 3 N–H and O–H groups in total. The Balaban J connectivity index is 2.55. The molecule has 0 bridgehead atoms. The summed E-state index contributed by atoms with van der Waals surface area (Å²) < 4.78 is 14.8. The summed E-state index contributed by atoms with van der Waals surface area (Å²) in [6, 6.07) is 6.72. The van der Waals surface area contributed by atoms with Crippen LogP contribution in [0.1, 0.15) is 6.42 Å². The number of nitrogens with one attached hydrogen (secondary N) is 1. The van der Waals surface area contributed by atoms with Gasteiger partial charge in [0.05, 0.1) is 19.6 Å². The third kappa shape index (κ3) is 6.24. The van der Waals surface area contributed by atoms with Gasteiger partial charge in [-0.25, -0.2) is 4.79 Å². The number of rotatable bonds is 8. The first-order chi connectivity index (χ1) is 10.1. The van der Waals surface area contributed by atoms with E-state index in [-0.39, 0.29) is 31.6 Å². The maximum atomic E-state index is 11.8. The van der Waals surface area contributed by atoms with Crippen LogP contribution < -0.4 is 15.8 Å². The molecule has 0 spiro atoms. The molecule has 0 aliphatic rings. The van der Waals surface area contributed by atoms with Gasteiger partial charge in [0.15, 0.2) is 6.61 Å². The number of anilines is 1. The van der Waals surface area contributed by atoms with Gasteiger partial charge < -0.3 is 25.3 Å². The van der Waals surface area contributed by atoms with Crippen LogP contribution in [0.3, 0.4) is 0 Å². The predicted octanol–water partition coefficient (Wildman–Crippen LogP) is 0.541. The van der Waals surface area contributed by atoms with Crippen LogP contribution in [0.25, 0.3) is 0 Å². The lowest BCUT2D eigenvalue weighted by molar-refractivity contribution is -0.142. The lowest BCUT2D eigenvalue weighted by Gasteiger charge is -2.13. The number of carbonyl (C=O) groups is 2. The zero-order chi connectivity index (χ0) is 15.7. The molecule has 0 aromatic heterocycles. The van der Waals surface area contributed by atoms with Crippen LogP contribution in [-0.2, 0) is 19.1 Å². The van der Waals surface area contributed by atoms with Gasteiger partial charge in [-0.05, 0) is 12.1 Å². The molecule has 0 fully saturated rings. The number of carbonyl (C=O) groups excluding carboxylic acids is 2. The van der Waals surface area contributed by atoms with E-state index in [2.05, 4.69) is 10.1 Å². The summed E-state index contributed by atoms with van der Waals surface area (Å²) in [4.78, 5) is 22.8. The van der Waals surface area contributed by atoms with Crippen LogP contribution in [0.2, 0.25) is 0 Å². The Kier molecular flexibility index (Phi) is 7.20. The molecule has 0 aliphatic carbocycles. The predicted molar refractivity (Wildman–Crippen MR) is 77.1 cm³/mol. The Morgan fingerprint density at radius 1 is 1.33 bits per heavy atom. The Morgan fingerprint density at radius 3 is 2.71 bits per heavy atom. The first kappa shape index (κ1) is 16.9. The Hall–Kier alpha value is -2.12. The molecule has 7 heteroatoms. The van der Waals surface area contributed by atoms with E-state index in [1.165, 1.54) is 14.2 Å². The molecular formula is C14H20N2O5. The quantitative estimate of drug-likeness (QED) is 0.679. The van der Waals surface area contributed by atoms with E-state index in [1.807, 2.05) is 0 Å². The van der Waals surface area contributed by atoms with Crippen molar-refractivity contribution in [2.24, 2.45) is 5.73 Å². The van der Waals surface area contributed by atoms with Gasteiger partial charge in [-0.2, -0.15) is 0 Å². The normalized spacial score (nSPS) is 11.6. The molecular weight excluding hydrogens is 276 g/mol. The number of amides is 1. The van der Waals surface area contributed by atoms with Crippen molar-refractivity contribution in [2.45, 2.75) is 12.5 Å². The molecule has 1 unspecified atom stereocenters. The monoisotopic (exact) mass is 296 g/mol. The number of hydrogen-bond acceptors (Lipinski definition) is 6. The van der Waals surface area contributed by atoms with E-state index in [4.69, 9.17) is 15.2 Å². The fourth-order valence-corrected chi connectivity index (χ4v) is 1.55. The van der Waals surface area contributed by atoms with E-state index in [9.17, 15) is 9.59 Å². The van der Waals surface area contributed by atoms with Crippen molar-refractivity contribution in [3.8, 4) is 5.75 Å². The van der Waals surface area contributed by atoms with Gasteiger partial charge >= 0.3 is 5.97 Å². The lowest BCUT2D eigenvalue weighted by atomic mass is 10.2. The Labute approximate surface area is 123 Å². The second-order valence-corrected chi connectivity index (χ2v) is 4.24. The maximum absolute atomic E-state index is 11.8. The van der Waals surface area contributed by atoms with Crippen LogP contribution in [0.4, 0.5) is 5.69 Å². The molecule has 0 radical (unpaired) electrons. The third-order valence-corrected chi connectivity index (χ3v) is 2.71. The first-order valence-corrected chi connectivity index (χ1v) is 6.41. The molecule has 0 saturated heterocycles. The minimum absolute atomic E-state index is 0.167. The smallest absolute Gasteiger partial charge is 0.343 e. The number of benzene rings is 1. The van der Waals surface area contributed by atoms with E-state index in [0.29, 0.717) is 11.4 Å². The number of esters is 1. The second-order valence-electron chi connectivity index (χ2n) is 4.24. The SMILES string of the molecule is COC(=O)COc1cccc(NC(=O)CC(CN)OC)c1. The number of methoxy groups -OCH3 is 2. The van der Waals surface area contributed by atoms with Crippen molar-refractivity contribution in [1.82, 2.24) is 0 Å². The highest BCUT2D eigenvalue weighted by Gasteiger charge is 2.12. The first-order valence-electron chi connectivity index (χ1n) is 6.41. The standard InChI is InChI=1S/C14H20N2O5/c1-19-12(8-15)7-13(17)16-10-4-3-5-11(6-10)21-9-14(18)20-2/h3-6,12H,7-9,15H2,1-2H3,(H,16,17). The summed E-state index contributed by atoms with van der Waals surface area (Å²) in [7, 11) is 2.79. The van der Waals surface area contributed by atoms with Crippen LogP contribution >= 0.6 is 0 Å². The average Bonchev–Trinajstić information content (AvgIpc) is 2.50. The zero-order valence-corrected chi connectivity index (χ0v) is 12.1. The summed E-state index contributed by atoms with van der Waals surface area (Å²) in [6.07, 6.45) is -0.149. The molecule has 116 valence electrons.